The highest BCUT2D eigenvalue weighted by Gasteiger charge is 2.57. The van der Waals surface area contributed by atoms with E-state index in [1.54, 1.807) is 0 Å². The van der Waals surface area contributed by atoms with E-state index in [0.717, 1.165) is 31.1 Å². The van der Waals surface area contributed by atoms with Gasteiger partial charge in [0.15, 0.2) is 6.29 Å². The number of benzene rings is 1. The molecule has 1 N–H and O–H groups in total. The summed E-state index contributed by atoms with van der Waals surface area (Å²) in [5.74, 6) is 0.990. The van der Waals surface area contributed by atoms with Crippen molar-refractivity contribution >= 4 is 5.97 Å². The topological polar surface area (TPSA) is 92.7 Å². The number of hydrogen-bond acceptors (Lipinski definition) is 8. The zero-order valence-electron chi connectivity index (χ0n) is 27.0. The Morgan fingerprint density at radius 3 is 2.17 bits per heavy atom. The van der Waals surface area contributed by atoms with E-state index in [9.17, 15) is 9.90 Å². The molecule has 8 nitrogen and oxygen atoms in total. The maximum Gasteiger partial charge on any atom is 0.330 e. The second-order valence-electron chi connectivity index (χ2n) is 11.7. The van der Waals surface area contributed by atoms with E-state index in [0.29, 0.717) is 51.5 Å². The van der Waals surface area contributed by atoms with E-state index in [2.05, 4.69) is 92.1 Å². The first-order valence-corrected chi connectivity index (χ1v) is 16.4. The van der Waals surface area contributed by atoms with E-state index in [-0.39, 0.29) is 24.7 Å². The molecule has 4 atom stereocenters. The number of ether oxygens (including phenoxy) is 6. The number of rotatable bonds is 19. The zero-order valence-corrected chi connectivity index (χ0v) is 27.0. The fourth-order valence-corrected chi connectivity index (χ4v) is 7.03. The predicted octanol–water partition coefficient (Wildman–Crippen LogP) is 5.88. The third kappa shape index (κ3) is 8.39. The molecule has 1 aromatic carbocycles. The number of aliphatic hydroxyl groups is 1. The lowest BCUT2D eigenvalue weighted by Gasteiger charge is -2.43. The molecule has 250 valence electrons. The van der Waals surface area contributed by atoms with Gasteiger partial charge in [0.05, 0.1) is 45.7 Å². The molecule has 0 heterocycles. The lowest BCUT2D eigenvalue weighted by atomic mass is 9.59. The smallest absolute Gasteiger partial charge is 0.330 e. The molecule has 47 heavy (non-hydrogen) atoms. The zero-order chi connectivity index (χ0) is 32.9. The molecule has 1 aromatic rings. The Morgan fingerprint density at radius 2 is 1.53 bits per heavy atom. The van der Waals surface area contributed by atoms with Gasteiger partial charge in [0.1, 0.15) is 19.0 Å². The summed E-state index contributed by atoms with van der Waals surface area (Å²) in [6.07, 6.45) is 24.7. The molecule has 0 bridgehead atoms. The number of aliphatic hydroxyl groups excluding tert-OH is 1. The third-order valence-electron chi connectivity index (χ3n) is 9.03. The Labute approximate surface area is 278 Å². The molecule has 1 fully saturated rings. The molecule has 4 aliphatic rings. The SMILES string of the molecule is C=CC(=O)OCCOCCOC1C=CC(C2(c3ccc(OCCOCCOC(O)C=C)cc3)C3CC=CC=C3C3=CC=CCC32)=CC1. The molecule has 0 aromatic heterocycles. The number of esters is 1. The maximum atomic E-state index is 11.1. The number of fused-ring (bicyclic) bond motifs is 3. The standard InChI is InChI=1S/C39H46O8/c1-3-37(40)46-27-23-42-21-25-44-31-17-13-29(14-18-31)39(35-11-7-5-9-33(35)34-10-6-8-12-36(34)39)30-15-19-32(20-16-30)45-26-22-43-24-28-47-38(41)4-2/h3-10,13-19,32,35-37,40H,1-2,11-12,20-28H2. The second kappa shape index (κ2) is 17.4. The highest BCUT2D eigenvalue weighted by atomic mass is 16.6. The van der Waals surface area contributed by atoms with Gasteiger partial charge in [-0.2, -0.15) is 0 Å². The minimum Gasteiger partial charge on any atom is -0.491 e. The summed E-state index contributed by atoms with van der Waals surface area (Å²) < 4.78 is 33.3. The predicted molar refractivity (Wildman–Crippen MR) is 181 cm³/mol. The van der Waals surface area contributed by atoms with Crippen molar-refractivity contribution in [3.05, 3.63) is 127 Å². The molecule has 0 spiro atoms. The minimum atomic E-state index is -0.974. The van der Waals surface area contributed by atoms with Crippen LogP contribution >= 0.6 is 0 Å². The van der Waals surface area contributed by atoms with Crippen LogP contribution in [0.15, 0.2) is 121 Å². The van der Waals surface area contributed by atoms with Crippen molar-refractivity contribution in [1.82, 2.24) is 0 Å². The van der Waals surface area contributed by atoms with Crippen LogP contribution in [-0.4, -0.2) is 76.3 Å². The summed E-state index contributed by atoms with van der Waals surface area (Å²) in [5, 5.41) is 9.37. The highest BCUT2D eigenvalue weighted by molar-refractivity contribution is 5.81. The van der Waals surface area contributed by atoms with Crippen LogP contribution < -0.4 is 4.74 Å². The number of allylic oxidation sites excluding steroid dienone is 10. The van der Waals surface area contributed by atoms with E-state index in [1.807, 2.05) is 0 Å². The average molecular weight is 643 g/mol. The van der Waals surface area contributed by atoms with Gasteiger partial charge >= 0.3 is 5.97 Å². The van der Waals surface area contributed by atoms with Gasteiger partial charge in [-0.15, -0.1) is 0 Å². The molecular formula is C39H46O8. The molecule has 5 rings (SSSR count). The van der Waals surface area contributed by atoms with Crippen LogP contribution in [0.25, 0.3) is 0 Å². The van der Waals surface area contributed by atoms with Crippen LogP contribution in [-0.2, 0) is 33.9 Å². The average Bonchev–Trinajstić information content (AvgIpc) is 3.42. The van der Waals surface area contributed by atoms with Crippen LogP contribution in [0.3, 0.4) is 0 Å². The van der Waals surface area contributed by atoms with Gasteiger partial charge in [-0.3, -0.25) is 0 Å². The van der Waals surface area contributed by atoms with Crippen molar-refractivity contribution in [2.45, 2.75) is 37.1 Å². The van der Waals surface area contributed by atoms with Crippen LogP contribution in [0.1, 0.15) is 24.8 Å². The Kier molecular flexibility index (Phi) is 12.8. The van der Waals surface area contributed by atoms with E-state index in [4.69, 9.17) is 28.4 Å². The van der Waals surface area contributed by atoms with E-state index < -0.39 is 12.3 Å². The summed E-state index contributed by atoms with van der Waals surface area (Å²) in [5.41, 5.74) is 5.27. The Hall–Kier alpha value is -3.79. The number of hydrogen-bond donors (Lipinski definition) is 1. The first kappa shape index (κ1) is 34.5. The summed E-state index contributed by atoms with van der Waals surface area (Å²) in [6, 6.07) is 8.61. The minimum absolute atomic E-state index is 0.0291. The van der Waals surface area contributed by atoms with Gasteiger partial charge in [0.25, 0.3) is 0 Å². The van der Waals surface area contributed by atoms with Crippen LogP contribution in [0, 0.1) is 11.8 Å². The Bertz CT molecular complexity index is 1380. The number of carbonyl (C=O) groups is 1. The first-order valence-electron chi connectivity index (χ1n) is 16.4. The summed E-state index contributed by atoms with van der Waals surface area (Å²) in [6.45, 7) is 9.75. The van der Waals surface area contributed by atoms with Crippen LogP contribution in [0.4, 0.5) is 0 Å². The van der Waals surface area contributed by atoms with E-state index in [1.165, 1.54) is 28.4 Å². The van der Waals surface area contributed by atoms with Gasteiger partial charge in [0.2, 0.25) is 0 Å². The molecule has 4 unspecified atom stereocenters. The third-order valence-corrected chi connectivity index (χ3v) is 9.03. The summed E-state index contributed by atoms with van der Waals surface area (Å²) in [4.78, 5) is 11.1. The fraction of sp³-hybridized carbons (Fsp3) is 0.410. The van der Waals surface area contributed by atoms with Crippen molar-refractivity contribution in [1.29, 1.82) is 0 Å². The van der Waals surface area contributed by atoms with Crippen molar-refractivity contribution in [2.24, 2.45) is 11.8 Å². The molecule has 4 aliphatic carbocycles. The van der Waals surface area contributed by atoms with Crippen molar-refractivity contribution in [2.75, 3.05) is 52.9 Å². The van der Waals surface area contributed by atoms with Gasteiger partial charge in [0, 0.05) is 23.3 Å². The highest BCUT2D eigenvalue weighted by Crippen LogP contribution is 2.63. The molecule has 0 radical (unpaired) electrons. The van der Waals surface area contributed by atoms with Gasteiger partial charge in [-0.1, -0.05) is 80.0 Å². The maximum absolute atomic E-state index is 11.1. The second-order valence-corrected chi connectivity index (χ2v) is 11.7. The van der Waals surface area contributed by atoms with Gasteiger partial charge in [-0.05, 0) is 59.8 Å². The Balaban J connectivity index is 1.24. The van der Waals surface area contributed by atoms with Gasteiger partial charge in [-0.25, -0.2) is 4.79 Å². The summed E-state index contributed by atoms with van der Waals surface area (Å²) in [7, 11) is 0. The van der Waals surface area contributed by atoms with Gasteiger partial charge < -0.3 is 33.5 Å². The molecule has 0 aliphatic heterocycles. The first-order chi connectivity index (χ1) is 23.1. The molecule has 1 saturated carbocycles. The normalized spacial score (nSPS) is 24.8. The van der Waals surface area contributed by atoms with Crippen molar-refractivity contribution in [3.63, 3.8) is 0 Å². The molecular weight excluding hydrogens is 596 g/mol. The monoisotopic (exact) mass is 642 g/mol. The summed E-state index contributed by atoms with van der Waals surface area (Å²) >= 11 is 0. The largest absolute Gasteiger partial charge is 0.491 e. The van der Waals surface area contributed by atoms with Crippen molar-refractivity contribution in [3.8, 4) is 5.75 Å². The molecule has 0 saturated heterocycles. The fourth-order valence-electron chi connectivity index (χ4n) is 7.03. The van der Waals surface area contributed by atoms with E-state index >= 15 is 0 Å². The molecule has 8 heteroatoms. The molecule has 0 amide bonds. The quantitative estimate of drug-likeness (QED) is 0.0658. The van der Waals surface area contributed by atoms with Crippen molar-refractivity contribution < 1.29 is 38.3 Å². The number of carbonyl (C=O) groups excluding carboxylic acids is 1. The Morgan fingerprint density at radius 1 is 0.872 bits per heavy atom. The van der Waals surface area contributed by atoms with Crippen LogP contribution in [0.2, 0.25) is 0 Å². The van der Waals surface area contributed by atoms with Crippen LogP contribution in [0.5, 0.6) is 5.75 Å². The lowest BCUT2D eigenvalue weighted by Crippen LogP contribution is -2.40. The lowest BCUT2D eigenvalue weighted by molar-refractivity contribution is -0.139.